The molecule has 3 rings (SSSR count). The van der Waals surface area contributed by atoms with E-state index in [1.165, 1.54) is 6.07 Å². The molecule has 248 valence electrons. The van der Waals surface area contributed by atoms with Crippen molar-refractivity contribution in [1.82, 2.24) is 15.5 Å². The van der Waals surface area contributed by atoms with Crippen molar-refractivity contribution in [3.8, 4) is 5.75 Å². The second-order valence-corrected chi connectivity index (χ2v) is 11.6. The molecule has 0 fully saturated rings. The Morgan fingerprint density at radius 1 is 0.935 bits per heavy atom. The number of benzene rings is 3. The quantitative estimate of drug-likeness (QED) is 0.168. The van der Waals surface area contributed by atoms with Gasteiger partial charge in [0.1, 0.15) is 17.4 Å². The summed E-state index contributed by atoms with van der Waals surface area (Å²) in [5.41, 5.74) is 1.53. The van der Waals surface area contributed by atoms with Gasteiger partial charge in [0.2, 0.25) is 5.91 Å². The normalized spacial score (nSPS) is 12.2. The lowest BCUT2D eigenvalue weighted by Gasteiger charge is -2.25. The highest BCUT2D eigenvalue weighted by Crippen LogP contribution is 2.18. The number of carbonyl (C=O) groups is 3. The first kappa shape index (κ1) is 36.4. The maximum absolute atomic E-state index is 14.0. The topological polar surface area (TPSA) is 108 Å². The van der Waals surface area contributed by atoms with Crippen LogP contribution in [0.2, 0.25) is 5.02 Å². The van der Waals surface area contributed by atoms with Crippen molar-refractivity contribution in [1.29, 1.82) is 0 Å². The Bertz CT molecular complexity index is 1440. The first-order valence-electron chi connectivity index (χ1n) is 15.5. The summed E-state index contributed by atoms with van der Waals surface area (Å²) in [7, 11) is 0. The van der Waals surface area contributed by atoms with Crippen LogP contribution in [0.3, 0.4) is 0 Å². The molecule has 0 saturated heterocycles. The molecule has 0 unspecified atom stereocenters. The minimum atomic E-state index is -1.18. The summed E-state index contributed by atoms with van der Waals surface area (Å²) in [6.45, 7) is 7.16. The minimum absolute atomic E-state index is 0.0487. The van der Waals surface area contributed by atoms with Crippen LogP contribution in [0.1, 0.15) is 71.4 Å². The molecule has 0 aliphatic carbocycles. The van der Waals surface area contributed by atoms with Crippen LogP contribution in [-0.2, 0) is 11.2 Å². The molecule has 0 radical (unpaired) electrons. The number of halogens is 3. The van der Waals surface area contributed by atoms with Gasteiger partial charge in [0, 0.05) is 41.9 Å². The minimum Gasteiger partial charge on any atom is -0.493 e. The predicted octanol–water partition coefficient (Wildman–Crippen LogP) is 5.87. The lowest BCUT2D eigenvalue weighted by molar-refractivity contribution is -0.121. The molecule has 3 aromatic rings. The van der Waals surface area contributed by atoms with Gasteiger partial charge in [-0.15, -0.1) is 0 Å². The lowest BCUT2D eigenvalue weighted by Crippen LogP contribution is -2.46. The Labute approximate surface area is 274 Å². The van der Waals surface area contributed by atoms with E-state index in [0.29, 0.717) is 35.0 Å². The largest absolute Gasteiger partial charge is 0.493 e. The van der Waals surface area contributed by atoms with Crippen LogP contribution in [0.5, 0.6) is 5.75 Å². The van der Waals surface area contributed by atoms with E-state index in [4.69, 9.17) is 16.3 Å². The highest BCUT2D eigenvalue weighted by atomic mass is 35.5. The third-order valence-electron chi connectivity index (χ3n) is 7.19. The summed E-state index contributed by atoms with van der Waals surface area (Å²) in [5, 5.41) is 17.2. The molecule has 11 heteroatoms. The molecule has 0 aliphatic rings. The molecule has 8 nitrogen and oxygen atoms in total. The van der Waals surface area contributed by atoms with Crippen LogP contribution in [-0.4, -0.2) is 66.1 Å². The van der Waals surface area contributed by atoms with Crippen LogP contribution < -0.4 is 15.4 Å². The van der Waals surface area contributed by atoms with Crippen LogP contribution >= 0.6 is 11.6 Å². The zero-order valence-corrected chi connectivity index (χ0v) is 27.2. The molecule has 0 heterocycles. The first-order valence-corrected chi connectivity index (χ1v) is 15.9. The third kappa shape index (κ3) is 11.7. The molecule has 0 spiro atoms. The maximum atomic E-state index is 14.0. The summed E-state index contributed by atoms with van der Waals surface area (Å²) >= 11 is 5.86. The number of aliphatic hydroxyl groups is 1. The average Bonchev–Trinajstić information content (AvgIpc) is 3.00. The molecule has 0 saturated carbocycles. The van der Waals surface area contributed by atoms with Gasteiger partial charge in [-0.1, -0.05) is 25.4 Å². The van der Waals surface area contributed by atoms with Gasteiger partial charge in [0.25, 0.3) is 11.8 Å². The molecule has 3 N–H and O–H groups in total. The molecule has 2 atom stereocenters. The van der Waals surface area contributed by atoms with Crippen LogP contribution in [0, 0.1) is 18.6 Å². The van der Waals surface area contributed by atoms with Crippen LogP contribution in [0.25, 0.3) is 0 Å². The van der Waals surface area contributed by atoms with Gasteiger partial charge in [0.05, 0.1) is 25.2 Å². The molecule has 0 aromatic heterocycles. The van der Waals surface area contributed by atoms with Gasteiger partial charge < -0.3 is 25.4 Å². The van der Waals surface area contributed by atoms with E-state index in [2.05, 4.69) is 10.6 Å². The number of amides is 3. The van der Waals surface area contributed by atoms with E-state index in [9.17, 15) is 28.3 Å². The van der Waals surface area contributed by atoms with E-state index in [0.717, 1.165) is 31.0 Å². The van der Waals surface area contributed by atoms with E-state index < -0.39 is 29.7 Å². The number of aliphatic hydroxyl groups excluding tert-OH is 1. The molecule has 46 heavy (non-hydrogen) atoms. The summed E-state index contributed by atoms with van der Waals surface area (Å²) < 4.78 is 33.5. The van der Waals surface area contributed by atoms with E-state index >= 15 is 0 Å². The van der Waals surface area contributed by atoms with Crippen molar-refractivity contribution in [2.24, 2.45) is 0 Å². The summed E-state index contributed by atoms with van der Waals surface area (Å²) in [5.74, 6) is -2.03. The molecule has 0 aliphatic heterocycles. The highest BCUT2D eigenvalue weighted by molar-refractivity contribution is 6.30. The fraction of sp³-hybridized carbons (Fsp3) is 0.400. The van der Waals surface area contributed by atoms with Gasteiger partial charge in [-0.05, 0) is 98.3 Å². The van der Waals surface area contributed by atoms with Gasteiger partial charge in [-0.2, -0.15) is 0 Å². The zero-order valence-electron chi connectivity index (χ0n) is 26.5. The smallest absolute Gasteiger partial charge is 0.253 e. The van der Waals surface area contributed by atoms with E-state index in [1.807, 2.05) is 13.8 Å². The SMILES string of the molecule is CCCN(CCC)C(=O)c1cc(C)cc(C(=O)N[C@@H](Cc2cc(F)cc(F)c2)[C@H](O)CCNC(=O)CCOc2ccc(Cl)cc2)c1. The number of ether oxygens (including phenoxy) is 1. The van der Waals surface area contributed by atoms with E-state index in [-0.39, 0.29) is 55.4 Å². The molecule has 0 bridgehead atoms. The number of rotatable bonds is 17. The van der Waals surface area contributed by atoms with Gasteiger partial charge in [-0.25, -0.2) is 8.78 Å². The van der Waals surface area contributed by atoms with Crippen molar-refractivity contribution in [2.75, 3.05) is 26.2 Å². The number of nitrogens with zero attached hydrogens (tertiary/aromatic N) is 1. The standard InChI is InChI=1S/C35H42ClF2N3O5/c1-4-13-41(14-5-2)35(45)26-17-23(3)16-25(21-26)34(44)40-31(20-24-18-28(37)22-29(38)19-24)32(42)10-12-39-33(43)11-15-46-30-8-6-27(36)7-9-30/h6-9,16-19,21-22,31-32,42H,4-5,10-15,20H2,1-3H3,(H,39,43)(H,40,44)/t31-,32+/m0/s1. The monoisotopic (exact) mass is 657 g/mol. The summed E-state index contributed by atoms with van der Waals surface area (Å²) in [6.07, 6.45) is 0.446. The Hall–Kier alpha value is -4.02. The summed E-state index contributed by atoms with van der Waals surface area (Å²) in [6, 6.07) is 13.7. The number of aryl methyl sites for hydroxylation is 1. The molecule has 3 aromatic carbocycles. The van der Waals surface area contributed by atoms with Crippen molar-refractivity contribution >= 4 is 29.3 Å². The Morgan fingerprint density at radius 3 is 2.20 bits per heavy atom. The van der Waals surface area contributed by atoms with Crippen molar-refractivity contribution < 1.29 is 33.0 Å². The average molecular weight is 658 g/mol. The van der Waals surface area contributed by atoms with Gasteiger partial charge in [0.15, 0.2) is 0 Å². The van der Waals surface area contributed by atoms with E-state index in [1.54, 1.807) is 48.2 Å². The maximum Gasteiger partial charge on any atom is 0.253 e. The van der Waals surface area contributed by atoms with Crippen LogP contribution in [0.15, 0.2) is 60.7 Å². The fourth-order valence-electron chi connectivity index (χ4n) is 5.03. The van der Waals surface area contributed by atoms with Crippen molar-refractivity contribution in [3.63, 3.8) is 0 Å². The third-order valence-corrected chi connectivity index (χ3v) is 7.45. The summed E-state index contributed by atoms with van der Waals surface area (Å²) in [4.78, 5) is 40.8. The lowest BCUT2D eigenvalue weighted by atomic mass is 9.97. The Morgan fingerprint density at radius 2 is 1.57 bits per heavy atom. The second kappa shape index (κ2) is 18.2. The number of hydrogen-bond acceptors (Lipinski definition) is 5. The van der Waals surface area contributed by atoms with Gasteiger partial charge in [-0.3, -0.25) is 14.4 Å². The van der Waals surface area contributed by atoms with Crippen LogP contribution in [0.4, 0.5) is 8.78 Å². The first-order chi connectivity index (χ1) is 22.0. The Kier molecular flexibility index (Phi) is 14.4. The van der Waals surface area contributed by atoms with Crippen molar-refractivity contribution in [2.45, 2.75) is 65.0 Å². The fourth-order valence-corrected chi connectivity index (χ4v) is 5.16. The highest BCUT2D eigenvalue weighted by Gasteiger charge is 2.24. The second-order valence-electron chi connectivity index (χ2n) is 11.2. The predicted molar refractivity (Wildman–Crippen MR) is 174 cm³/mol. The zero-order chi connectivity index (χ0) is 33.6. The molecular formula is C35H42ClF2N3O5. The van der Waals surface area contributed by atoms with Crippen molar-refractivity contribution in [3.05, 3.63) is 99.6 Å². The molecule has 3 amide bonds. The number of nitrogens with one attached hydrogen (secondary N) is 2. The number of carbonyl (C=O) groups excluding carboxylic acids is 3. The number of hydrogen-bond donors (Lipinski definition) is 3. The Balaban J connectivity index is 1.68. The van der Waals surface area contributed by atoms with Gasteiger partial charge >= 0.3 is 0 Å². The molecular weight excluding hydrogens is 616 g/mol.